The van der Waals surface area contributed by atoms with E-state index in [1.54, 1.807) is 0 Å². The van der Waals surface area contributed by atoms with Crippen LogP contribution >= 0.6 is 0 Å². The summed E-state index contributed by atoms with van der Waals surface area (Å²) < 4.78 is 15.1. The van der Waals surface area contributed by atoms with Crippen molar-refractivity contribution in [1.82, 2.24) is 4.57 Å². The van der Waals surface area contributed by atoms with Gasteiger partial charge in [-0.3, -0.25) is 0 Å². The van der Waals surface area contributed by atoms with Gasteiger partial charge in [-0.15, -0.1) is 0 Å². The van der Waals surface area contributed by atoms with Gasteiger partial charge >= 0.3 is 0 Å². The second kappa shape index (κ2) is 17.8. The fraction of sp³-hybridized carbons (Fsp3) is 0. The molecule has 15 rings (SSSR count). The fourth-order valence-corrected chi connectivity index (χ4v) is 11.6. The van der Waals surface area contributed by atoms with Crippen molar-refractivity contribution < 1.29 is 8.83 Å². The Morgan fingerprint density at radius 3 is 1.34 bits per heavy atom. The maximum absolute atomic E-state index is 6.48. The Balaban J connectivity index is 0.780. The Hall–Kier alpha value is -10.2. The first-order valence-electron chi connectivity index (χ1n) is 25.9. The van der Waals surface area contributed by atoms with Gasteiger partial charge in [0.15, 0.2) is 0 Å². The minimum Gasteiger partial charge on any atom is -0.456 e. The van der Waals surface area contributed by atoms with Gasteiger partial charge in [-0.1, -0.05) is 188 Å². The van der Waals surface area contributed by atoms with Crippen molar-refractivity contribution in [3.8, 4) is 61.3 Å². The summed E-state index contributed by atoms with van der Waals surface area (Å²) in [6, 6.07) is 100. The van der Waals surface area contributed by atoms with Crippen molar-refractivity contribution in [3.05, 3.63) is 279 Å². The zero-order valence-electron chi connectivity index (χ0n) is 41.3. The van der Waals surface area contributed by atoms with Gasteiger partial charge in [0.25, 0.3) is 0 Å². The van der Waals surface area contributed by atoms with Gasteiger partial charge in [-0.2, -0.15) is 0 Å². The summed E-state index contributed by atoms with van der Waals surface area (Å²) in [6.45, 7) is 0. The Morgan fingerprint density at radius 2 is 0.697 bits per heavy atom. The maximum Gasteiger partial charge on any atom is 0.143 e. The Kier molecular flexibility index (Phi) is 10.2. The molecule has 0 saturated carbocycles. The van der Waals surface area contributed by atoms with E-state index in [0.717, 1.165) is 122 Å². The number of benzene rings is 12. The summed E-state index contributed by atoms with van der Waals surface area (Å²) in [5.74, 6) is 0. The zero-order valence-corrected chi connectivity index (χ0v) is 41.3. The lowest BCUT2D eigenvalue weighted by atomic mass is 9.94. The molecule has 356 valence electrons. The number of aromatic nitrogens is 1. The fourth-order valence-electron chi connectivity index (χ4n) is 11.6. The molecule has 0 saturated heterocycles. The first kappa shape index (κ1) is 43.4. The van der Waals surface area contributed by atoms with Crippen LogP contribution in [-0.2, 0) is 0 Å². The molecule has 15 aromatic rings. The van der Waals surface area contributed by atoms with E-state index >= 15 is 0 Å². The third-order valence-electron chi connectivity index (χ3n) is 15.2. The Bertz CT molecular complexity index is 4640. The summed E-state index contributed by atoms with van der Waals surface area (Å²) in [4.78, 5) is 2.35. The molecule has 0 bridgehead atoms. The van der Waals surface area contributed by atoms with Crippen LogP contribution in [0.3, 0.4) is 0 Å². The molecule has 0 spiro atoms. The molecule has 0 amide bonds. The first-order valence-corrected chi connectivity index (χ1v) is 25.9. The predicted octanol–water partition coefficient (Wildman–Crippen LogP) is 20.4. The largest absolute Gasteiger partial charge is 0.456 e. The smallest absolute Gasteiger partial charge is 0.143 e. The summed E-state index contributed by atoms with van der Waals surface area (Å²) in [7, 11) is 0. The highest BCUT2D eigenvalue weighted by atomic mass is 16.3. The van der Waals surface area contributed by atoms with Crippen molar-refractivity contribution in [2.45, 2.75) is 0 Å². The number of nitrogens with zero attached hydrogens (tertiary/aromatic N) is 2. The third kappa shape index (κ3) is 7.30. The lowest BCUT2D eigenvalue weighted by Crippen LogP contribution is -2.09. The SMILES string of the molecule is c1cc(-c2ccc(N(c3ccc(-c4cccc(-n5c6ccccc6c6ccccc65)c4)cc3)c3ccc(-c4cccc5c4oc4ccccc45)cc3)cc2)cc(-c2cccc(-c3cccc4oc5ccccc5c34)c2)c1. The van der Waals surface area contributed by atoms with Gasteiger partial charge in [-0.25, -0.2) is 0 Å². The second-order valence-electron chi connectivity index (χ2n) is 19.6. The van der Waals surface area contributed by atoms with Gasteiger partial charge in [0.1, 0.15) is 22.3 Å². The van der Waals surface area contributed by atoms with Crippen LogP contribution in [0.4, 0.5) is 17.1 Å². The molecule has 0 unspecified atom stereocenters. The summed E-state index contributed by atoms with van der Waals surface area (Å²) in [5, 5.41) is 7.03. The van der Waals surface area contributed by atoms with E-state index in [2.05, 4.69) is 264 Å². The highest BCUT2D eigenvalue weighted by Crippen LogP contribution is 2.42. The van der Waals surface area contributed by atoms with E-state index < -0.39 is 0 Å². The molecular formula is C72H46N2O2. The predicted molar refractivity (Wildman–Crippen MR) is 317 cm³/mol. The molecule has 4 nitrogen and oxygen atoms in total. The van der Waals surface area contributed by atoms with E-state index in [4.69, 9.17) is 8.83 Å². The number of furan rings is 2. The molecule has 4 heteroatoms. The Morgan fingerprint density at radius 1 is 0.263 bits per heavy atom. The molecule has 0 aliphatic carbocycles. The van der Waals surface area contributed by atoms with Crippen LogP contribution in [0.2, 0.25) is 0 Å². The minimum absolute atomic E-state index is 0.896. The van der Waals surface area contributed by atoms with Crippen molar-refractivity contribution in [2.24, 2.45) is 0 Å². The average molecular weight is 971 g/mol. The molecule has 3 heterocycles. The van der Waals surface area contributed by atoms with Crippen LogP contribution in [0.25, 0.3) is 127 Å². The number of anilines is 3. The Labute approximate surface area is 439 Å². The zero-order chi connectivity index (χ0) is 50.1. The highest BCUT2D eigenvalue weighted by Gasteiger charge is 2.18. The van der Waals surface area contributed by atoms with Gasteiger partial charge in [0, 0.05) is 60.6 Å². The summed E-state index contributed by atoms with van der Waals surface area (Å²) in [5.41, 5.74) is 21.7. The van der Waals surface area contributed by atoms with Crippen molar-refractivity contribution >= 4 is 82.7 Å². The van der Waals surface area contributed by atoms with Crippen LogP contribution in [0.1, 0.15) is 0 Å². The van der Waals surface area contributed by atoms with E-state index in [1.165, 1.54) is 21.8 Å². The standard InChI is InChI=1S/C72H46N2O2/c1-5-27-66-61(20-1)62-21-2-6-28-67(62)74(66)58-19-11-17-53(46-58)48-34-40-56(41-35-48)73(57-42-36-49(37-43-57)60-25-12-26-64-63-22-3-7-29-68(63)76-72(60)64)55-38-32-47(33-39-55)50-14-9-15-51(44-50)52-16-10-18-54(45-52)59-24-13-31-70-71(59)65-23-4-8-30-69(65)75-70/h1-46H. The lowest BCUT2D eigenvalue weighted by Gasteiger charge is -2.26. The normalized spacial score (nSPS) is 11.7. The molecule has 76 heavy (non-hydrogen) atoms. The molecule has 0 fully saturated rings. The summed E-state index contributed by atoms with van der Waals surface area (Å²) in [6.07, 6.45) is 0. The number of hydrogen-bond acceptors (Lipinski definition) is 3. The molecule has 0 aliphatic rings. The molecule has 0 radical (unpaired) electrons. The van der Waals surface area contributed by atoms with Gasteiger partial charge in [-0.05, 0) is 141 Å². The minimum atomic E-state index is 0.896. The van der Waals surface area contributed by atoms with Crippen molar-refractivity contribution in [3.63, 3.8) is 0 Å². The number of rotatable bonds is 9. The van der Waals surface area contributed by atoms with Crippen LogP contribution in [-0.4, -0.2) is 4.57 Å². The van der Waals surface area contributed by atoms with E-state index in [-0.39, 0.29) is 0 Å². The highest BCUT2D eigenvalue weighted by molar-refractivity contribution is 6.13. The van der Waals surface area contributed by atoms with Crippen LogP contribution in [0, 0.1) is 0 Å². The van der Waals surface area contributed by atoms with Gasteiger partial charge in [0.05, 0.1) is 11.0 Å². The van der Waals surface area contributed by atoms with Crippen LogP contribution in [0.5, 0.6) is 0 Å². The number of fused-ring (bicyclic) bond motifs is 9. The van der Waals surface area contributed by atoms with Gasteiger partial charge in [0.2, 0.25) is 0 Å². The van der Waals surface area contributed by atoms with Crippen molar-refractivity contribution in [1.29, 1.82) is 0 Å². The third-order valence-corrected chi connectivity index (χ3v) is 15.2. The second-order valence-corrected chi connectivity index (χ2v) is 19.6. The summed E-state index contributed by atoms with van der Waals surface area (Å²) >= 11 is 0. The lowest BCUT2D eigenvalue weighted by molar-refractivity contribution is 0.669. The maximum atomic E-state index is 6.48. The molecule has 0 atom stereocenters. The van der Waals surface area contributed by atoms with Crippen molar-refractivity contribution in [2.75, 3.05) is 4.90 Å². The number of para-hydroxylation sites is 5. The van der Waals surface area contributed by atoms with Gasteiger partial charge < -0.3 is 18.3 Å². The van der Waals surface area contributed by atoms with Crippen LogP contribution in [0.15, 0.2) is 288 Å². The van der Waals surface area contributed by atoms with E-state index in [0.29, 0.717) is 0 Å². The first-order chi connectivity index (χ1) is 37.7. The van der Waals surface area contributed by atoms with E-state index in [1.807, 2.05) is 24.3 Å². The monoisotopic (exact) mass is 970 g/mol. The van der Waals surface area contributed by atoms with E-state index in [9.17, 15) is 0 Å². The number of hydrogen-bond donors (Lipinski definition) is 0. The van der Waals surface area contributed by atoms with Crippen LogP contribution < -0.4 is 4.90 Å². The molecule has 0 aliphatic heterocycles. The molecular weight excluding hydrogens is 925 g/mol. The quantitative estimate of drug-likeness (QED) is 0.145. The average Bonchev–Trinajstić information content (AvgIpc) is 4.19. The molecule has 3 aromatic heterocycles. The topological polar surface area (TPSA) is 34.5 Å². The molecule has 0 N–H and O–H groups in total. The molecule has 12 aromatic carbocycles.